The molecule has 1 N–H and O–H groups in total. The lowest BCUT2D eigenvalue weighted by Crippen LogP contribution is -1.92. The van der Waals surface area contributed by atoms with E-state index in [0.717, 1.165) is 27.7 Å². The van der Waals surface area contributed by atoms with Crippen LogP contribution in [0.2, 0.25) is 5.02 Å². The minimum Gasteiger partial charge on any atom is -0.358 e. The van der Waals surface area contributed by atoms with E-state index < -0.39 is 0 Å². The van der Waals surface area contributed by atoms with Crippen LogP contribution < -0.4 is 0 Å². The average molecular weight is 222 g/mol. The predicted octanol–water partition coefficient (Wildman–Crippen LogP) is 3.64. The van der Waals surface area contributed by atoms with Gasteiger partial charge in [-0.15, -0.1) is 0 Å². The zero-order chi connectivity index (χ0) is 11.2. The molecule has 3 heteroatoms. The highest BCUT2D eigenvalue weighted by atomic mass is 35.5. The molecule has 0 fully saturated rings. The third kappa shape index (κ3) is 1.55. The van der Waals surface area contributed by atoms with Crippen molar-refractivity contribution < 1.29 is 4.79 Å². The number of aryl methyl sites for hydroxylation is 2. The first-order chi connectivity index (χ1) is 7.00. The molecule has 15 heavy (non-hydrogen) atoms. The predicted molar refractivity (Wildman–Crippen MR) is 62.8 cm³/mol. The summed E-state index contributed by atoms with van der Waals surface area (Å²) in [6.45, 7) is 5.46. The Morgan fingerprint density at radius 1 is 1.33 bits per heavy atom. The van der Waals surface area contributed by atoms with E-state index in [9.17, 15) is 4.79 Å². The summed E-state index contributed by atoms with van der Waals surface area (Å²) >= 11 is 5.98. The van der Waals surface area contributed by atoms with Crippen LogP contribution in [0.5, 0.6) is 0 Å². The number of nitrogens with one attached hydrogen (secondary N) is 1. The second-order valence-electron chi connectivity index (χ2n) is 3.83. The molecule has 0 amide bonds. The number of H-pyrrole nitrogens is 1. The Labute approximate surface area is 93.2 Å². The van der Waals surface area contributed by atoms with Crippen LogP contribution >= 0.6 is 11.6 Å². The number of fused-ring (bicyclic) bond motifs is 1. The summed E-state index contributed by atoms with van der Waals surface area (Å²) in [6.07, 6.45) is 0. The van der Waals surface area contributed by atoms with Crippen LogP contribution in [0, 0.1) is 13.8 Å². The minimum atomic E-state index is 0.0698. The van der Waals surface area contributed by atoms with E-state index >= 15 is 0 Å². The van der Waals surface area contributed by atoms with Crippen LogP contribution in [0.3, 0.4) is 0 Å². The van der Waals surface area contributed by atoms with Gasteiger partial charge in [0.15, 0.2) is 5.78 Å². The van der Waals surface area contributed by atoms with E-state index in [4.69, 9.17) is 11.6 Å². The molecule has 78 valence electrons. The van der Waals surface area contributed by atoms with E-state index in [-0.39, 0.29) is 5.78 Å². The van der Waals surface area contributed by atoms with Gasteiger partial charge < -0.3 is 4.98 Å². The summed E-state index contributed by atoms with van der Waals surface area (Å²) in [7, 11) is 0. The molecule has 1 aromatic heterocycles. The molecule has 2 nitrogen and oxygen atoms in total. The van der Waals surface area contributed by atoms with Gasteiger partial charge in [0.1, 0.15) is 0 Å². The smallest absolute Gasteiger partial charge is 0.162 e. The Morgan fingerprint density at radius 2 is 2.00 bits per heavy atom. The van der Waals surface area contributed by atoms with Crippen LogP contribution in [-0.2, 0) is 0 Å². The van der Waals surface area contributed by atoms with Crippen LogP contribution in [0.1, 0.15) is 28.5 Å². The molecule has 0 bridgehead atoms. The normalized spacial score (nSPS) is 10.9. The second-order valence-corrected chi connectivity index (χ2v) is 4.26. The maximum absolute atomic E-state index is 11.5. The molecule has 0 aliphatic heterocycles. The van der Waals surface area contributed by atoms with Crippen molar-refractivity contribution in [1.29, 1.82) is 0 Å². The molecule has 1 heterocycles. The molecule has 2 aromatic rings. The van der Waals surface area contributed by atoms with Gasteiger partial charge in [-0.2, -0.15) is 0 Å². The Morgan fingerprint density at radius 3 is 2.60 bits per heavy atom. The number of rotatable bonds is 1. The van der Waals surface area contributed by atoms with Gasteiger partial charge in [0.05, 0.1) is 0 Å². The van der Waals surface area contributed by atoms with Gasteiger partial charge in [-0.3, -0.25) is 4.79 Å². The summed E-state index contributed by atoms with van der Waals surface area (Å²) in [6, 6.07) is 3.73. The number of carbonyl (C=O) groups is 1. The SMILES string of the molecule is CC(=O)c1c(C)[nH]c2c(C)cc(Cl)cc12. The number of ketones is 1. The molecule has 0 saturated heterocycles. The zero-order valence-electron chi connectivity index (χ0n) is 8.94. The van der Waals surface area contributed by atoms with Crippen molar-refractivity contribution in [1.82, 2.24) is 4.98 Å². The van der Waals surface area contributed by atoms with Gasteiger partial charge in [0, 0.05) is 27.2 Å². The number of carbonyl (C=O) groups excluding carboxylic acids is 1. The van der Waals surface area contributed by atoms with Gasteiger partial charge >= 0.3 is 0 Å². The van der Waals surface area contributed by atoms with E-state index in [0.29, 0.717) is 5.02 Å². The Kier molecular flexibility index (Phi) is 2.31. The first-order valence-electron chi connectivity index (χ1n) is 4.80. The van der Waals surface area contributed by atoms with E-state index in [1.165, 1.54) is 0 Å². The van der Waals surface area contributed by atoms with Crippen molar-refractivity contribution in [3.63, 3.8) is 0 Å². The number of hydrogen-bond donors (Lipinski definition) is 1. The first-order valence-corrected chi connectivity index (χ1v) is 5.18. The third-order valence-electron chi connectivity index (χ3n) is 2.61. The molecular formula is C12H12ClNO. The highest BCUT2D eigenvalue weighted by Crippen LogP contribution is 2.28. The molecule has 0 aliphatic rings. The van der Waals surface area contributed by atoms with Crippen molar-refractivity contribution in [3.05, 3.63) is 34.0 Å². The van der Waals surface area contributed by atoms with Gasteiger partial charge in [-0.1, -0.05) is 11.6 Å². The van der Waals surface area contributed by atoms with Gasteiger partial charge in [-0.25, -0.2) is 0 Å². The number of hydrogen-bond acceptors (Lipinski definition) is 1. The van der Waals surface area contributed by atoms with Crippen molar-refractivity contribution in [3.8, 4) is 0 Å². The largest absolute Gasteiger partial charge is 0.358 e. The Bertz CT molecular complexity index is 554. The molecule has 2 rings (SSSR count). The van der Waals surface area contributed by atoms with E-state index in [2.05, 4.69) is 4.98 Å². The van der Waals surface area contributed by atoms with Gasteiger partial charge in [0.25, 0.3) is 0 Å². The number of aromatic amines is 1. The lowest BCUT2D eigenvalue weighted by atomic mass is 10.1. The fourth-order valence-electron chi connectivity index (χ4n) is 2.01. The third-order valence-corrected chi connectivity index (χ3v) is 2.83. The Hall–Kier alpha value is -1.28. The van der Waals surface area contributed by atoms with E-state index in [1.807, 2.05) is 26.0 Å². The zero-order valence-corrected chi connectivity index (χ0v) is 9.70. The molecule has 0 radical (unpaired) electrons. The quantitative estimate of drug-likeness (QED) is 0.733. The summed E-state index contributed by atoms with van der Waals surface area (Å²) in [5, 5.41) is 1.59. The molecule has 0 saturated carbocycles. The number of benzene rings is 1. The van der Waals surface area contributed by atoms with Crippen LogP contribution in [-0.4, -0.2) is 10.8 Å². The topological polar surface area (TPSA) is 32.9 Å². The number of aromatic nitrogens is 1. The molecule has 0 aliphatic carbocycles. The maximum atomic E-state index is 11.5. The van der Waals surface area contributed by atoms with Crippen molar-refractivity contribution in [2.45, 2.75) is 20.8 Å². The van der Waals surface area contributed by atoms with Crippen LogP contribution in [0.15, 0.2) is 12.1 Å². The fraction of sp³-hybridized carbons (Fsp3) is 0.250. The van der Waals surface area contributed by atoms with Gasteiger partial charge in [0.2, 0.25) is 0 Å². The highest BCUT2D eigenvalue weighted by molar-refractivity contribution is 6.31. The van der Waals surface area contributed by atoms with Crippen LogP contribution in [0.25, 0.3) is 10.9 Å². The van der Waals surface area contributed by atoms with Gasteiger partial charge in [-0.05, 0) is 38.5 Å². The van der Waals surface area contributed by atoms with Crippen LogP contribution in [0.4, 0.5) is 0 Å². The molecule has 0 unspecified atom stereocenters. The maximum Gasteiger partial charge on any atom is 0.162 e. The number of halogens is 1. The summed E-state index contributed by atoms with van der Waals surface area (Å²) in [5.74, 6) is 0.0698. The standard InChI is InChI=1S/C12H12ClNO/c1-6-4-9(13)5-10-11(8(3)15)7(2)14-12(6)10/h4-5,14H,1-3H3. The monoisotopic (exact) mass is 221 g/mol. The summed E-state index contributed by atoms with van der Waals surface area (Å²) in [4.78, 5) is 14.7. The fourth-order valence-corrected chi connectivity index (χ4v) is 2.28. The molecular weight excluding hydrogens is 210 g/mol. The summed E-state index contributed by atoms with van der Waals surface area (Å²) in [5.41, 5.74) is 3.72. The molecule has 1 aromatic carbocycles. The molecule has 0 atom stereocenters. The second kappa shape index (κ2) is 3.38. The minimum absolute atomic E-state index is 0.0698. The summed E-state index contributed by atoms with van der Waals surface area (Å²) < 4.78 is 0. The van der Waals surface area contributed by atoms with E-state index in [1.54, 1.807) is 6.92 Å². The Balaban J connectivity index is 2.93. The van der Waals surface area contributed by atoms with Crippen molar-refractivity contribution >= 4 is 28.3 Å². The number of Topliss-reactive ketones (excluding diaryl/α,β-unsaturated/α-hetero) is 1. The highest BCUT2D eigenvalue weighted by Gasteiger charge is 2.14. The first kappa shape index (κ1) is 10.2. The lowest BCUT2D eigenvalue weighted by molar-refractivity contribution is 0.101. The average Bonchev–Trinajstić information content (AvgIpc) is 2.41. The van der Waals surface area contributed by atoms with Crippen molar-refractivity contribution in [2.75, 3.05) is 0 Å². The molecule has 0 spiro atoms. The lowest BCUT2D eigenvalue weighted by Gasteiger charge is -1.98. The van der Waals surface area contributed by atoms with Crippen molar-refractivity contribution in [2.24, 2.45) is 0 Å².